The summed E-state index contributed by atoms with van der Waals surface area (Å²) in [5.74, 6) is 1.43. The number of nitrogens with zero attached hydrogens (tertiary/aromatic N) is 4. The number of para-hydroxylation sites is 2. The molecule has 1 aromatic heterocycles. The van der Waals surface area contributed by atoms with Crippen molar-refractivity contribution in [1.29, 1.82) is 0 Å². The first-order valence-electron chi connectivity index (χ1n) is 13.0. The van der Waals surface area contributed by atoms with E-state index in [0.717, 1.165) is 67.6 Å². The SMILES string of the molecule is CCN(CC)CCCNc1nc(NC2CCN(C(=O)c3ccccc3[NH2+]O)CC2)c2ccccc2n1. The van der Waals surface area contributed by atoms with Gasteiger partial charge in [0.2, 0.25) is 5.95 Å². The second-order valence-electron chi connectivity index (χ2n) is 9.15. The van der Waals surface area contributed by atoms with E-state index in [0.29, 0.717) is 30.3 Å². The number of hydrogen-bond donors (Lipinski definition) is 4. The van der Waals surface area contributed by atoms with E-state index in [9.17, 15) is 10.0 Å². The number of nitrogens with one attached hydrogen (secondary N) is 2. The van der Waals surface area contributed by atoms with E-state index in [-0.39, 0.29) is 11.9 Å². The highest BCUT2D eigenvalue weighted by molar-refractivity contribution is 5.98. The van der Waals surface area contributed by atoms with Gasteiger partial charge in [0.15, 0.2) is 5.69 Å². The summed E-state index contributed by atoms with van der Waals surface area (Å²) in [7, 11) is 0. The summed E-state index contributed by atoms with van der Waals surface area (Å²) in [6.45, 7) is 9.67. The van der Waals surface area contributed by atoms with Crippen molar-refractivity contribution in [2.45, 2.75) is 39.2 Å². The van der Waals surface area contributed by atoms with E-state index in [1.807, 2.05) is 41.3 Å². The summed E-state index contributed by atoms with van der Waals surface area (Å²) in [4.78, 5) is 26.8. The molecule has 36 heavy (non-hydrogen) atoms. The van der Waals surface area contributed by atoms with Crippen molar-refractivity contribution in [3.05, 3.63) is 54.1 Å². The smallest absolute Gasteiger partial charge is 0.260 e. The number of anilines is 2. The Morgan fingerprint density at radius 2 is 1.81 bits per heavy atom. The summed E-state index contributed by atoms with van der Waals surface area (Å²) >= 11 is 0. The van der Waals surface area contributed by atoms with Gasteiger partial charge in [-0.3, -0.25) is 4.79 Å². The minimum Gasteiger partial charge on any atom is -0.367 e. The predicted molar refractivity (Wildman–Crippen MR) is 143 cm³/mol. The molecule has 0 radical (unpaired) electrons. The molecule has 0 aliphatic carbocycles. The number of fused-ring (bicyclic) bond motifs is 1. The molecule has 0 atom stereocenters. The lowest BCUT2D eigenvalue weighted by atomic mass is 10.0. The Morgan fingerprint density at radius 1 is 1.08 bits per heavy atom. The lowest BCUT2D eigenvalue weighted by molar-refractivity contribution is -0.825. The first kappa shape index (κ1) is 25.8. The lowest BCUT2D eigenvalue weighted by Gasteiger charge is -2.33. The first-order chi connectivity index (χ1) is 17.6. The van der Waals surface area contributed by atoms with Gasteiger partial charge in [0.05, 0.1) is 5.52 Å². The molecular weight excluding hydrogens is 454 g/mol. The Hall–Kier alpha value is -3.27. The fourth-order valence-electron chi connectivity index (χ4n) is 4.70. The molecule has 1 fully saturated rings. The van der Waals surface area contributed by atoms with Crippen molar-refractivity contribution in [2.24, 2.45) is 0 Å². The monoisotopic (exact) mass is 492 g/mol. The molecule has 1 amide bonds. The Labute approximate surface area is 212 Å². The zero-order chi connectivity index (χ0) is 25.3. The van der Waals surface area contributed by atoms with E-state index in [2.05, 4.69) is 29.4 Å². The summed E-state index contributed by atoms with van der Waals surface area (Å²) in [6.07, 6.45) is 2.67. The van der Waals surface area contributed by atoms with Crippen LogP contribution in [0.5, 0.6) is 0 Å². The minimum absolute atomic E-state index is 0.0435. The summed E-state index contributed by atoms with van der Waals surface area (Å²) in [5.41, 5.74) is 2.99. The van der Waals surface area contributed by atoms with Gasteiger partial charge in [-0.25, -0.2) is 10.2 Å². The van der Waals surface area contributed by atoms with E-state index in [1.165, 1.54) is 0 Å². The van der Waals surface area contributed by atoms with Gasteiger partial charge >= 0.3 is 0 Å². The number of rotatable bonds is 11. The number of hydrogen-bond acceptors (Lipinski definition) is 7. The Balaban J connectivity index is 1.39. The maximum absolute atomic E-state index is 13.0. The number of carbonyl (C=O) groups excluding carboxylic acids is 1. The van der Waals surface area contributed by atoms with Crippen molar-refractivity contribution in [3.63, 3.8) is 0 Å². The van der Waals surface area contributed by atoms with Gasteiger partial charge in [0, 0.05) is 37.1 Å². The molecule has 2 aromatic carbocycles. The maximum Gasteiger partial charge on any atom is 0.260 e. The van der Waals surface area contributed by atoms with Gasteiger partial charge in [0.1, 0.15) is 11.4 Å². The maximum atomic E-state index is 13.0. The zero-order valence-electron chi connectivity index (χ0n) is 21.3. The van der Waals surface area contributed by atoms with E-state index in [4.69, 9.17) is 9.97 Å². The van der Waals surface area contributed by atoms with Crippen LogP contribution >= 0.6 is 0 Å². The van der Waals surface area contributed by atoms with Crippen LogP contribution in [-0.2, 0) is 0 Å². The average Bonchev–Trinajstić information content (AvgIpc) is 2.93. The van der Waals surface area contributed by atoms with Crippen LogP contribution in [0.2, 0.25) is 0 Å². The zero-order valence-corrected chi connectivity index (χ0v) is 21.3. The second-order valence-corrected chi connectivity index (χ2v) is 9.15. The number of carbonyl (C=O) groups is 1. The van der Waals surface area contributed by atoms with Crippen LogP contribution in [0.3, 0.4) is 0 Å². The molecule has 1 saturated heterocycles. The van der Waals surface area contributed by atoms with Crippen LogP contribution in [0.4, 0.5) is 17.5 Å². The molecular formula is C27H38N7O2+. The third-order valence-electron chi connectivity index (χ3n) is 6.89. The van der Waals surface area contributed by atoms with Gasteiger partial charge in [-0.15, -0.1) is 0 Å². The molecule has 0 bridgehead atoms. The third kappa shape index (κ3) is 6.29. The van der Waals surface area contributed by atoms with Crippen LogP contribution < -0.4 is 16.1 Å². The molecule has 3 aromatic rings. The number of quaternary nitrogens is 1. The molecule has 9 nitrogen and oxygen atoms in total. The average molecular weight is 493 g/mol. The molecule has 192 valence electrons. The van der Waals surface area contributed by atoms with Crippen molar-refractivity contribution in [2.75, 3.05) is 49.9 Å². The molecule has 4 rings (SSSR count). The van der Waals surface area contributed by atoms with E-state index >= 15 is 0 Å². The first-order valence-corrected chi connectivity index (χ1v) is 13.0. The second kappa shape index (κ2) is 12.6. The van der Waals surface area contributed by atoms with E-state index < -0.39 is 0 Å². The summed E-state index contributed by atoms with van der Waals surface area (Å²) in [5, 5.41) is 17.5. The van der Waals surface area contributed by atoms with Crippen molar-refractivity contribution in [1.82, 2.24) is 19.8 Å². The largest absolute Gasteiger partial charge is 0.367 e. The predicted octanol–water partition coefficient (Wildman–Crippen LogP) is 3.07. The highest BCUT2D eigenvalue weighted by Crippen LogP contribution is 2.25. The fraction of sp³-hybridized carbons (Fsp3) is 0.444. The molecule has 1 aliphatic heterocycles. The summed E-state index contributed by atoms with van der Waals surface area (Å²) in [6, 6.07) is 15.4. The van der Waals surface area contributed by atoms with Crippen LogP contribution in [0.15, 0.2) is 48.5 Å². The topological polar surface area (TPSA) is 110 Å². The third-order valence-corrected chi connectivity index (χ3v) is 6.89. The van der Waals surface area contributed by atoms with Crippen LogP contribution in [0.1, 0.15) is 43.5 Å². The Bertz CT molecular complexity index is 1140. The highest BCUT2D eigenvalue weighted by atomic mass is 16.5. The molecule has 0 saturated carbocycles. The molecule has 0 spiro atoms. The number of nitrogens with two attached hydrogens (primary N) is 1. The molecule has 0 unspecified atom stereocenters. The van der Waals surface area contributed by atoms with Crippen LogP contribution in [0.25, 0.3) is 10.9 Å². The van der Waals surface area contributed by atoms with Crippen molar-refractivity contribution >= 4 is 34.3 Å². The van der Waals surface area contributed by atoms with Crippen molar-refractivity contribution in [3.8, 4) is 0 Å². The number of piperidine rings is 1. The van der Waals surface area contributed by atoms with Crippen LogP contribution in [-0.4, -0.2) is 76.2 Å². The minimum atomic E-state index is -0.0435. The summed E-state index contributed by atoms with van der Waals surface area (Å²) < 4.78 is 0. The molecule has 9 heteroatoms. The molecule has 5 N–H and O–H groups in total. The number of amides is 1. The van der Waals surface area contributed by atoms with Crippen molar-refractivity contribution < 1.29 is 15.5 Å². The number of likely N-dealkylation sites (tertiary alicyclic amines) is 1. The van der Waals surface area contributed by atoms with Gasteiger partial charge < -0.3 is 20.4 Å². The highest BCUT2D eigenvalue weighted by Gasteiger charge is 2.26. The van der Waals surface area contributed by atoms with Gasteiger partial charge in [-0.1, -0.05) is 38.1 Å². The Kier molecular flexibility index (Phi) is 9.05. The lowest BCUT2D eigenvalue weighted by Crippen LogP contribution is -2.74. The van der Waals surface area contributed by atoms with Gasteiger partial charge in [-0.05, 0) is 57.1 Å². The molecule has 2 heterocycles. The molecule has 1 aliphatic rings. The van der Waals surface area contributed by atoms with Gasteiger partial charge in [-0.2, -0.15) is 10.5 Å². The normalized spacial score (nSPS) is 14.4. The fourth-order valence-corrected chi connectivity index (χ4v) is 4.70. The standard InChI is InChI=1S/C27H37N7O2/c1-3-33(4-2)17-9-16-28-27-30-23-12-7-5-10-21(23)25(31-27)29-20-14-18-34(19-15-20)26(35)22-11-6-8-13-24(22)32-36/h5-8,10-13,20,32,36H,3-4,9,14-19H2,1-2H3,(H2,28,29,30,31)/p+1. The number of aromatic nitrogens is 2. The number of benzene rings is 2. The van der Waals surface area contributed by atoms with Gasteiger partial charge in [0.25, 0.3) is 5.91 Å². The Morgan fingerprint density at radius 3 is 2.56 bits per heavy atom. The van der Waals surface area contributed by atoms with E-state index in [1.54, 1.807) is 12.1 Å². The quantitative estimate of drug-likeness (QED) is 0.185. The van der Waals surface area contributed by atoms with Crippen LogP contribution in [0, 0.1) is 0 Å².